The van der Waals surface area contributed by atoms with E-state index in [0.717, 1.165) is 37.0 Å². The summed E-state index contributed by atoms with van der Waals surface area (Å²) in [6.45, 7) is 0.388. The van der Waals surface area contributed by atoms with E-state index in [9.17, 15) is 14.4 Å². The monoisotopic (exact) mass is 370 g/mol. The van der Waals surface area contributed by atoms with Gasteiger partial charge in [-0.2, -0.15) is 0 Å². The van der Waals surface area contributed by atoms with Crippen molar-refractivity contribution in [2.45, 2.75) is 69.7 Å². The van der Waals surface area contributed by atoms with Gasteiger partial charge in [0.15, 0.2) is 0 Å². The van der Waals surface area contributed by atoms with Crippen LogP contribution in [0.3, 0.4) is 0 Å². The van der Waals surface area contributed by atoms with Gasteiger partial charge in [-0.15, -0.1) is 0 Å². The van der Waals surface area contributed by atoms with Gasteiger partial charge in [0.2, 0.25) is 17.7 Å². The highest BCUT2D eigenvalue weighted by molar-refractivity contribution is 6.05. The maximum atomic E-state index is 12.6. The zero-order valence-corrected chi connectivity index (χ0v) is 16.0. The fourth-order valence-electron chi connectivity index (χ4n) is 7.11. The third-order valence-electron chi connectivity index (χ3n) is 7.83. The second kappa shape index (κ2) is 6.46. The van der Waals surface area contributed by atoms with Crippen molar-refractivity contribution in [2.24, 2.45) is 29.6 Å². The minimum absolute atomic E-state index is 0.0316. The van der Waals surface area contributed by atoms with E-state index >= 15 is 0 Å². The van der Waals surface area contributed by atoms with Crippen molar-refractivity contribution in [3.63, 3.8) is 0 Å². The summed E-state index contributed by atoms with van der Waals surface area (Å²) in [5.41, 5.74) is 0.0473. The summed E-state index contributed by atoms with van der Waals surface area (Å²) < 4.78 is 0. The third kappa shape index (κ3) is 3.03. The summed E-state index contributed by atoms with van der Waals surface area (Å²) in [4.78, 5) is 39.0. The number of fused-ring (bicyclic) bond motifs is 1. The van der Waals surface area contributed by atoms with Gasteiger partial charge in [-0.25, -0.2) is 0 Å². The SMILES string of the molecule is O=C(CCCN1C(=O)[C@@H]2CC=CC[C@H]2C1=O)NC12CC3CC(CC(C3)C1)C2. The highest BCUT2D eigenvalue weighted by Crippen LogP contribution is 2.55. The van der Waals surface area contributed by atoms with Crippen molar-refractivity contribution in [1.82, 2.24) is 10.2 Å². The second-order valence-electron chi connectivity index (χ2n) is 9.83. The van der Waals surface area contributed by atoms with Crippen molar-refractivity contribution in [3.05, 3.63) is 12.2 Å². The van der Waals surface area contributed by atoms with Crippen LogP contribution >= 0.6 is 0 Å². The average Bonchev–Trinajstić information content (AvgIpc) is 2.85. The van der Waals surface area contributed by atoms with E-state index < -0.39 is 0 Å². The molecule has 4 saturated carbocycles. The first kappa shape index (κ1) is 17.4. The van der Waals surface area contributed by atoms with E-state index in [2.05, 4.69) is 5.32 Å². The van der Waals surface area contributed by atoms with Gasteiger partial charge < -0.3 is 5.32 Å². The van der Waals surface area contributed by atoms with Crippen molar-refractivity contribution >= 4 is 17.7 Å². The minimum atomic E-state index is -0.164. The number of carbonyl (C=O) groups excluding carboxylic acids is 3. The molecule has 5 fully saturated rings. The van der Waals surface area contributed by atoms with Crippen LogP contribution in [0.5, 0.6) is 0 Å². The normalized spacial score (nSPS) is 41.9. The molecule has 3 amide bonds. The Morgan fingerprint density at radius 1 is 0.963 bits per heavy atom. The fourth-order valence-corrected chi connectivity index (χ4v) is 7.11. The summed E-state index contributed by atoms with van der Waals surface area (Å²) in [5.74, 6) is 2.16. The molecule has 1 heterocycles. The zero-order valence-electron chi connectivity index (χ0n) is 16.0. The third-order valence-corrected chi connectivity index (χ3v) is 7.83. The Labute approximate surface area is 160 Å². The fraction of sp³-hybridized carbons (Fsp3) is 0.773. The molecule has 5 heteroatoms. The first-order chi connectivity index (χ1) is 13.0. The first-order valence-electron chi connectivity index (χ1n) is 10.8. The summed E-state index contributed by atoms with van der Waals surface area (Å²) in [5, 5.41) is 3.38. The molecule has 5 aliphatic carbocycles. The highest BCUT2D eigenvalue weighted by Gasteiger charge is 2.51. The van der Waals surface area contributed by atoms with Crippen molar-refractivity contribution < 1.29 is 14.4 Å². The number of carbonyl (C=O) groups is 3. The van der Waals surface area contributed by atoms with Crippen molar-refractivity contribution in [1.29, 1.82) is 0 Å². The van der Waals surface area contributed by atoms with Crippen LogP contribution in [-0.2, 0) is 14.4 Å². The number of imide groups is 1. The number of likely N-dealkylation sites (tertiary alicyclic amines) is 1. The van der Waals surface area contributed by atoms with Gasteiger partial charge in [0.05, 0.1) is 11.8 Å². The van der Waals surface area contributed by atoms with Crippen LogP contribution in [0.25, 0.3) is 0 Å². The van der Waals surface area contributed by atoms with Crippen molar-refractivity contribution in [3.8, 4) is 0 Å². The summed E-state index contributed by atoms with van der Waals surface area (Å²) in [6.07, 6.45) is 13.9. The van der Waals surface area contributed by atoms with Gasteiger partial charge >= 0.3 is 0 Å². The van der Waals surface area contributed by atoms with E-state index in [-0.39, 0.29) is 35.1 Å². The van der Waals surface area contributed by atoms with Gasteiger partial charge in [0.1, 0.15) is 0 Å². The molecule has 0 spiro atoms. The maximum Gasteiger partial charge on any atom is 0.233 e. The lowest BCUT2D eigenvalue weighted by Crippen LogP contribution is -2.59. The minimum Gasteiger partial charge on any atom is -0.351 e. The largest absolute Gasteiger partial charge is 0.351 e. The Balaban J connectivity index is 1.13. The molecular formula is C22H30N2O3. The van der Waals surface area contributed by atoms with Gasteiger partial charge in [-0.05, 0) is 75.5 Å². The Morgan fingerprint density at radius 3 is 2.00 bits per heavy atom. The first-order valence-corrected chi connectivity index (χ1v) is 10.8. The van der Waals surface area contributed by atoms with Gasteiger partial charge in [0.25, 0.3) is 0 Å². The van der Waals surface area contributed by atoms with E-state index in [1.807, 2.05) is 12.2 Å². The second-order valence-corrected chi connectivity index (χ2v) is 9.83. The summed E-state index contributed by atoms with van der Waals surface area (Å²) in [7, 11) is 0. The molecule has 27 heavy (non-hydrogen) atoms. The van der Waals surface area contributed by atoms with Gasteiger partial charge in [0, 0.05) is 18.5 Å². The predicted molar refractivity (Wildman–Crippen MR) is 100 cm³/mol. The molecule has 6 aliphatic rings. The molecule has 1 N–H and O–H groups in total. The molecule has 0 aromatic heterocycles. The summed E-state index contributed by atoms with van der Waals surface area (Å²) >= 11 is 0. The number of rotatable bonds is 5. The van der Waals surface area contributed by atoms with Crippen LogP contribution in [-0.4, -0.2) is 34.7 Å². The van der Waals surface area contributed by atoms with E-state index in [4.69, 9.17) is 0 Å². The number of hydrogen-bond donors (Lipinski definition) is 1. The topological polar surface area (TPSA) is 66.5 Å². The molecule has 1 saturated heterocycles. The van der Waals surface area contributed by atoms with E-state index in [0.29, 0.717) is 32.2 Å². The molecular weight excluding hydrogens is 340 g/mol. The highest BCUT2D eigenvalue weighted by atomic mass is 16.2. The molecule has 0 unspecified atom stereocenters. The molecule has 0 aromatic carbocycles. The molecule has 1 aliphatic heterocycles. The van der Waals surface area contributed by atoms with Crippen LogP contribution in [0.1, 0.15) is 64.2 Å². The van der Waals surface area contributed by atoms with Crippen LogP contribution in [0.2, 0.25) is 0 Å². The maximum absolute atomic E-state index is 12.6. The number of allylic oxidation sites excluding steroid dienone is 2. The predicted octanol–water partition coefficient (Wildman–Crippen LogP) is 2.80. The zero-order chi connectivity index (χ0) is 18.6. The van der Waals surface area contributed by atoms with Crippen LogP contribution in [0, 0.1) is 29.6 Å². The lowest BCUT2D eigenvalue weighted by Gasteiger charge is -2.56. The molecule has 146 valence electrons. The Morgan fingerprint density at radius 2 is 1.48 bits per heavy atom. The number of amides is 3. The number of nitrogens with zero attached hydrogens (tertiary/aromatic N) is 1. The van der Waals surface area contributed by atoms with Gasteiger partial charge in [-0.3, -0.25) is 19.3 Å². The molecule has 6 rings (SSSR count). The summed E-state index contributed by atoms with van der Waals surface area (Å²) in [6, 6.07) is 0. The Hall–Kier alpha value is -1.65. The molecule has 4 bridgehead atoms. The van der Waals surface area contributed by atoms with Crippen LogP contribution in [0.4, 0.5) is 0 Å². The molecule has 2 atom stereocenters. The van der Waals surface area contributed by atoms with E-state index in [1.165, 1.54) is 24.2 Å². The Kier molecular flexibility index (Phi) is 4.17. The number of hydrogen-bond acceptors (Lipinski definition) is 3. The molecule has 5 nitrogen and oxygen atoms in total. The lowest BCUT2D eigenvalue weighted by molar-refractivity contribution is -0.140. The van der Waals surface area contributed by atoms with Crippen molar-refractivity contribution in [2.75, 3.05) is 6.54 Å². The molecule has 0 aromatic rings. The quantitative estimate of drug-likeness (QED) is 0.598. The van der Waals surface area contributed by atoms with E-state index in [1.54, 1.807) is 0 Å². The van der Waals surface area contributed by atoms with Crippen LogP contribution < -0.4 is 5.32 Å². The number of nitrogens with one attached hydrogen (secondary N) is 1. The standard InChI is InChI=1S/C22H30N2O3/c25-19(23-22-11-14-8-15(12-22)10-16(9-14)13-22)6-3-7-24-20(26)17-4-1-2-5-18(17)21(24)27/h1-2,14-18H,3-13H2,(H,23,25)/t14?,15?,16?,17-,18-,22?/m1/s1. The lowest BCUT2D eigenvalue weighted by atomic mass is 9.53. The Bertz CT molecular complexity index is 636. The molecule has 0 radical (unpaired) electrons. The smallest absolute Gasteiger partial charge is 0.233 e. The van der Waals surface area contributed by atoms with Gasteiger partial charge in [-0.1, -0.05) is 12.2 Å². The average molecular weight is 370 g/mol. The van der Waals surface area contributed by atoms with Crippen LogP contribution in [0.15, 0.2) is 12.2 Å².